The fraction of sp³-hybridized carbons (Fsp3) is 0.571. The lowest BCUT2D eigenvalue weighted by Crippen LogP contribution is -2.51. The molecule has 1 unspecified atom stereocenters. The predicted molar refractivity (Wildman–Crippen MR) is 130 cm³/mol. The van der Waals surface area contributed by atoms with Gasteiger partial charge in [0.15, 0.2) is 5.96 Å². The molecule has 0 bridgehead atoms. The van der Waals surface area contributed by atoms with E-state index in [0.717, 1.165) is 51.6 Å². The summed E-state index contributed by atoms with van der Waals surface area (Å²) >= 11 is 0. The van der Waals surface area contributed by atoms with Gasteiger partial charge in [-0.3, -0.25) is 9.89 Å². The Bertz CT molecular complexity index is 771. The number of aryl methyl sites for hydroxylation is 1. The van der Waals surface area contributed by atoms with E-state index in [2.05, 4.69) is 77.8 Å². The Kier molecular flexibility index (Phi) is 9.04. The molecular weight excluding hydrogens is 463 g/mol. The summed E-state index contributed by atoms with van der Waals surface area (Å²) in [5.74, 6) is 0.912. The molecule has 1 saturated heterocycles. The van der Waals surface area contributed by atoms with Crippen LogP contribution in [0.25, 0.3) is 10.9 Å². The van der Waals surface area contributed by atoms with Crippen molar-refractivity contribution in [1.82, 2.24) is 25.4 Å². The normalized spacial score (nSPS) is 18.9. The number of rotatable bonds is 6. The summed E-state index contributed by atoms with van der Waals surface area (Å²) in [6, 6.07) is 6.96. The van der Waals surface area contributed by atoms with E-state index in [0.29, 0.717) is 6.04 Å². The van der Waals surface area contributed by atoms with Crippen LogP contribution in [0.15, 0.2) is 29.4 Å². The minimum absolute atomic E-state index is 0. The van der Waals surface area contributed by atoms with Crippen LogP contribution in [0.5, 0.6) is 0 Å². The number of aromatic nitrogens is 1. The van der Waals surface area contributed by atoms with Crippen LogP contribution in [0.3, 0.4) is 0 Å². The maximum atomic E-state index is 4.84. The van der Waals surface area contributed by atoms with Gasteiger partial charge in [-0.2, -0.15) is 0 Å². The van der Waals surface area contributed by atoms with Crippen molar-refractivity contribution in [3.05, 3.63) is 35.5 Å². The van der Waals surface area contributed by atoms with Gasteiger partial charge in [-0.05, 0) is 45.5 Å². The molecule has 2 heterocycles. The summed E-state index contributed by atoms with van der Waals surface area (Å²) in [7, 11) is 4.39. The largest absolute Gasteiger partial charge is 0.361 e. The van der Waals surface area contributed by atoms with E-state index in [1.165, 1.54) is 22.0 Å². The fourth-order valence-electron chi connectivity index (χ4n) is 3.72. The van der Waals surface area contributed by atoms with Crippen LogP contribution in [-0.4, -0.2) is 80.1 Å². The highest BCUT2D eigenvalue weighted by atomic mass is 127. The minimum atomic E-state index is 0. The number of nitrogens with one attached hydrogen (secondary N) is 3. The molecule has 2 aromatic rings. The number of nitrogens with zero attached hydrogens (tertiary/aromatic N) is 3. The zero-order valence-electron chi connectivity index (χ0n) is 17.6. The van der Waals surface area contributed by atoms with Crippen molar-refractivity contribution in [2.75, 3.05) is 53.4 Å². The number of piperazine rings is 1. The van der Waals surface area contributed by atoms with E-state index in [1.54, 1.807) is 0 Å². The third-order valence-corrected chi connectivity index (χ3v) is 5.48. The predicted octanol–water partition coefficient (Wildman–Crippen LogP) is 2.44. The number of aliphatic imine (C=N–C) groups is 1. The number of aromatic amines is 1. The topological polar surface area (TPSA) is 58.7 Å². The van der Waals surface area contributed by atoms with Crippen molar-refractivity contribution in [2.45, 2.75) is 26.3 Å². The third kappa shape index (κ3) is 5.84. The van der Waals surface area contributed by atoms with E-state index in [-0.39, 0.29) is 24.0 Å². The second-order valence-electron chi connectivity index (χ2n) is 7.60. The standard InChI is InChI=1S/C21H34N6.HI/c1-5-22-21(25-14-18-15-26(3)11-12-27(18)4)23-10-9-17-13-24-20-16(2)7-6-8-19(17)20;/h6-8,13,18,24H,5,9-12,14-15H2,1-4H3,(H2,22,23,25);1H. The van der Waals surface area contributed by atoms with Crippen molar-refractivity contribution in [1.29, 1.82) is 0 Å². The van der Waals surface area contributed by atoms with E-state index < -0.39 is 0 Å². The van der Waals surface area contributed by atoms with Crippen LogP contribution < -0.4 is 10.6 Å². The Balaban J connectivity index is 0.00000280. The number of halogens is 1. The summed E-state index contributed by atoms with van der Waals surface area (Å²) < 4.78 is 0. The molecule has 1 fully saturated rings. The SMILES string of the molecule is CCNC(=NCC1CN(C)CCN1C)NCCc1c[nH]c2c(C)cccc12.I. The maximum Gasteiger partial charge on any atom is 0.191 e. The number of fused-ring (bicyclic) bond motifs is 1. The van der Waals surface area contributed by atoms with Crippen LogP contribution >= 0.6 is 24.0 Å². The second kappa shape index (κ2) is 11.0. The molecule has 1 aliphatic heterocycles. The molecule has 1 aliphatic rings. The Morgan fingerprint density at radius 3 is 2.86 bits per heavy atom. The van der Waals surface area contributed by atoms with Crippen molar-refractivity contribution in [3.8, 4) is 0 Å². The Labute approximate surface area is 186 Å². The summed E-state index contributed by atoms with van der Waals surface area (Å²) in [5.41, 5.74) is 3.89. The summed E-state index contributed by atoms with van der Waals surface area (Å²) in [5, 5.41) is 8.19. The van der Waals surface area contributed by atoms with Gasteiger partial charge in [-0.15, -0.1) is 24.0 Å². The lowest BCUT2D eigenvalue weighted by atomic mass is 10.1. The van der Waals surface area contributed by atoms with Crippen molar-refractivity contribution < 1.29 is 0 Å². The number of H-pyrrole nitrogens is 1. The minimum Gasteiger partial charge on any atom is -0.361 e. The number of benzene rings is 1. The Hall–Kier alpha value is -1.32. The number of hydrogen-bond donors (Lipinski definition) is 3. The average molecular weight is 498 g/mol. The number of hydrogen-bond acceptors (Lipinski definition) is 3. The monoisotopic (exact) mass is 498 g/mol. The van der Waals surface area contributed by atoms with E-state index in [9.17, 15) is 0 Å². The molecule has 1 aromatic heterocycles. The zero-order valence-corrected chi connectivity index (χ0v) is 19.9. The first-order chi connectivity index (χ1) is 13.1. The molecule has 0 aliphatic carbocycles. The molecule has 0 amide bonds. The van der Waals surface area contributed by atoms with Gasteiger partial charge in [0.2, 0.25) is 0 Å². The molecule has 6 nitrogen and oxygen atoms in total. The van der Waals surface area contributed by atoms with E-state index >= 15 is 0 Å². The molecule has 0 radical (unpaired) electrons. The molecule has 3 rings (SSSR count). The van der Waals surface area contributed by atoms with Gasteiger partial charge < -0.3 is 20.5 Å². The third-order valence-electron chi connectivity index (χ3n) is 5.48. The first-order valence-corrected chi connectivity index (χ1v) is 10.0. The summed E-state index contributed by atoms with van der Waals surface area (Å²) in [6.07, 6.45) is 3.11. The average Bonchev–Trinajstić information content (AvgIpc) is 3.07. The van der Waals surface area contributed by atoms with E-state index in [4.69, 9.17) is 4.99 Å². The summed E-state index contributed by atoms with van der Waals surface area (Å²) in [4.78, 5) is 13.1. The Morgan fingerprint density at radius 1 is 1.25 bits per heavy atom. The van der Waals surface area contributed by atoms with Gasteiger partial charge in [-0.1, -0.05) is 18.2 Å². The fourth-order valence-corrected chi connectivity index (χ4v) is 3.72. The molecule has 0 saturated carbocycles. The van der Waals surface area contributed by atoms with Gasteiger partial charge in [-0.25, -0.2) is 0 Å². The van der Waals surface area contributed by atoms with Crippen LogP contribution in [0.2, 0.25) is 0 Å². The van der Waals surface area contributed by atoms with Gasteiger partial charge in [0.05, 0.1) is 6.54 Å². The van der Waals surface area contributed by atoms with Crippen LogP contribution in [0, 0.1) is 6.92 Å². The van der Waals surface area contributed by atoms with Gasteiger partial charge in [0.1, 0.15) is 0 Å². The quantitative estimate of drug-likeness (QED) is 0.326. The molecule has 7 heteroatoms. The first-order valence-electron chi connectivity index (χ1n) is 10.0. The molecule has 156 valence electrons. The lowest BCUT2D eigenvalue weighted by Gasteiger charge is -2.36. The second-order valence-corrected chi connectivity index (χ2v) is 7.60. The van der Waals surface area contributed by atoms with Crippen LogP contribution in [0.4, 0.5) is 0 Å². The highest BCUT2D eigenvalue weighted by Gasteiger charge is 2.21. The van der Waals surface area contributed by atoms with Gasteiger partial charge >= 0.3 is 0 Å². The molecular formula is C21H35IN6. The highest BCUT2D eigenvalue weighted by Crippen LogP contribution is 2.21. The Morgan fingerprint density at radius 2 is 2.07 bits per heavy atom. The number of para-hydroxylation sites is 1. The zero-order chi connectivity index (χ0) is 19.2. The van der Waals surface area contributed by atoms with Crippen molar-refractivity contribution >= 4 is 40.8 Å². The molecule has 0 spiro atoms. The number of guanidine groups is 1. The van der Waals surface area contributed by atoms with Gasteiger partial charge in [0, 0.05) is 55.9 Å². The number of likely N-dealkylation sites (N-methyl/N-ethyl adjacent to an activating group) is 2. The maximum absolute atomic E-state index is 4.84. The lowest BCUT2D eigenvalue weighted by molar-refractivity contribution is 0.119. The highest BCUT2D eigenvalue weighted by molar-refractivity contribution is 14.0. The van der Waals surface area contributed by atoms with Gasteiger partial charge in [0.25, 0.3) is 0 Å². The van der Waals surface area contributed by atoms with E-state index in [1.807, 2.05) is 0 Å². The molecule has 28 heavy (non-hydrogen) atoms. The smallest absolute Gasteiger partial charge is 0.191 e. The molecule has 1 atom stereocenters. The van der Waals surface area contributed by atoms with Crippen LogP contribution in [0.1, 0.15) is 18.1 Å². The first kappa shape index (κ1) is 23.0. The van der Waals surface area contributed by atoms with Crippen molar-refractivity contribution in [2.24, 2.45) is 4.99 Å². The molecule has 1 aromatic carbocycles. The summed E-state index contributed by atoms with van der Waals surface area (Å²) in [6.45, 7) is 10.2. The molecule has 3 N–H and O–H groups in total. The van der Waals surface area contributed by atoms with Crippen molar-refractivity contribution in [3.63, 3.8) is 0 Å². The van der Waals surface area contributed by atoms with Crippen LogP contribution in [-0.2, 0) is 6.42 Å².